The van der Waals surface area contributed by atoms with Crippen LogP contribution in [-0.2, 0) is 9.84 Å². The lowest BCUT2D eigenvalue weighted by Gasteiger charge is -2.15. The molecule has 0 atom stereocenters. The van der Waals surface area contributed by atoms with Crippen LogP contribution in [0.3, 0.4) is 0 Å². The van der Waals surface area contributed by atoms with Crippen molar-refractivity contribution in [1.29, 1.82) is 0 Å². The van der Waals surface area contributed by atoms with Crippen molar-refractivity contribution < 1.29 is 13.5 Å². The Bertz CT molecular complexity index is 258. The standard InChI is InChI=1S/C6H9NO3S/c8-4-1-7-2-5-11(9,10)6-3-7/h2-3,5-6,8H,1,4H2. The molecule has 1 heterocycles. The van der Waals surface area contributed by atoms with Crippen molar-refractivity contribution in [3.8, 4) is 0 Å². The second-order valence-electron chi connectivity index (χ2n) is 2.12. The third-order valence-electron chi connectivity index (χ3n) is 1.24. The maximum atomic E-state index is 10.7. The Labute approximate surface area is 65.4 Å². The summed E-state index contributed by atoms with van der Waals surface area (Å²) in [7, 11) is -3.12. The van der Waals surface area contributed by atoms with Gasteiger partial charge in [0, 0.05) is 18.9 Å². The van der Waals surface area contributed by atoms with Crippen LogP contribution in [0.1, 0.15) is 0 Å². The van der Waals surface area contributed by atoms with E-state index in [9.17, 15) is 8.42 Å². The van der Waals surface area contributed by atoms with E-state index >= 15 is 0 Å². The molecule has 0 saturated heterocycles. The predicted octanol–water partition coefficient (Wildman–Crippen LogP) is -0.349. The van der Waals surface area contributed by atoms with Gasteiger partial charge in [-0.2, -0.15) is 0 Å². The first-order valence-electron chi connectivity index (χ1n) is 3.12. The first-order valence-corrected chi connectivity index (χ1v) is 4.73. The summed E-state index contributed by atoms with van der Waals surface area (Å²) in [4.78, 5) is 1.60. The highest BCUT2D eigenvalue weighted by Gasteiger charge is 2.06. The van der Waals surface area contributed by atoms with E-state index in [-0.39, 0.29) is 6.61 Å². The van der Waals surface area contributed by atoms with Gasteiger partial charge in [-0.15, -0.1) is 0 Å². The van der Waals surface area contributed by atoms with Crippen molar-refractivity contribution in [1.82, 2.24) is 4.90 Å². The van der Waals surface area contributed by atoms with Gasteiger partial charge in [-0.3, -0.25) is 0 Å². The summed E-state index contributed by atoms with van der Waals surface area (Å²) in [6, 6.07) is 0. The van der Waals surface area contributed by atoms with Gasteiger partial charge in [0.05, 0.1) is 17.4 Å². The fourth-order valence-corrected chi connectivity index (χ4v) is 1.43. The van der Waals surface area contributed by atoms with E-state index in [0.717, 1.165) is 10.8 Å². The first kappa shape index (κ1) is 8.29. The third-order valence-corrected chi connectivity index (χ3v) is 2.24. The van der Waals surface area contributed by atoms with Crippen LogP contribution in [0, 0.1) is 0 Å². The van der Waals surface area contributed by atoms with E-state index in [4.69, 9.17) is 5.11 Å². The molecule has 1 rings (SSSR count). The zero-order chi connectivity index (χ0) is 8.32. The lowest BCUT2D eigenvalue weighted by Crippen LogP contribution is -2.17. The van der Waals surface area contributed by atoms with Gasteiger partial charge < -0.3 is 10.0 Å². The summed E-state index contributed by atoms with van der Waals surface area (Å²) in [5.41, 5.74) is 0. The molecular weight excluding hydrogens is 166 g/mol. The minimum atomic E-state index is -3.12. The molecule has 0 aromatic rings. The van der Waals surface area contributed by atoms with Crippen molar-refractivity contribution in [3.63, 3.8) is 0 Å². The molecule has 0 aromatic carbocycles. The highest BCUT2D eigenvalue weighted by molar-refractivity contribution is 7.97. The second-order valence-corrected chi connectivity index (χ2v) is 3.84. The molecule has 5 heteroatoms. The van der Waals surface area contributed by atoms with Gasteiger partial charge in [0.25, 0.3) is 0 Å². The molecule has 62 valence electrons. The summed E-state index contributed by atoms with van der Waals surface area (Å²) in [5, 5.41) is 10.7. The largest absolute Gasteiger partial charge is 0.395 e. The Balaban J connectivity index is 2.65. The molecule has 0 unspecified atom stereocenters. The van der Waals surface area contributed by atoms with E-state index in [1.165, 1.54) is 12.4 Å². The van der Waals surface area contributed by atoms with E-state index in [1.807, 2.05) is 0 Å². The molecule has 4 nitrogen and oxygen atoms in total. The molecule has 0 aromatic heterocycles. The molecule has 0 spiro atoms. The smallest absolute Gasteiger partial charge is 0.195 e. The van der Waals surface area contributed by atoms with Crippen molar-refractivity contribution in [2.45, 2.75) is 0 Å². The van der Waals surface area contributed by atoms with Crippen LogP contribution in [-0.4, -0.2) is 31.6 Å². The minimum Gasteiger partial charge on any atom is -0.395 e. The molecule has 1 aliphatic rings. The molecule has 0 saturated carbocycles. The molecule has 0 radical (unpaired) electrons. The Morgan fingerprint density at radius 3 is 2.27 bits per heavy atom. The quantitative estimate of drug-likeness (QED) is 0.623. The molecular formula is C6H9NO3S. The average molecular weight is 175 g/mol. The lowest BCUT2D eigenvalue weighted by molar-refractivity contribution is 0.263. The molecule has 1 aliphatic heterocycles. The topological polar surface area (TPSA) is 57.6 Å². The summed E-state index contributed by atoms with van der Waals surface area (Å²) >= 11 is 0. The molecule has 0 fully saturated rings. The summed E-state index contributed by atoms with van der Waals surface area (Å²) in [6.45, 7) is 0.428. The molecule has 0 amide bonds. The van der Waals surface area contributed by atoms with Crippen LogP contribution in [0.5, 0.6) is 0 Å². The summed E-state index contributed by atoms with van der Waals surface area (Å²) < 4.78 is 21.5. The van der Waals surface area contributed by atoms with Gasteiger partial charge in [-0.1, -0.05) is 0 Å². The SMILES string of the molecule is O=S1(=O)C=CN(CCO)C=C1. The zero-order valence-corrected chi connectivity index (χ0v) is 6.66. The minimum absolute atomic E-state index is 0.00866. The Morgan fingerprint density at radius 1 is 1.27 bits per heavy atom. The van der Waals surface area contributed by atoms with E-state index < -0.39 is 9.84 Å². The van der Waals surface area contributed by atoms with Crippen molar-refractivity contribution in [2.75, 3.05) is 13.2 Å². The van der Waals surface area contributed by atoms with Gasteiger partial charge in [0.2, 0.25) is 0 Å². The number of nitrogens with zero attached hydrogens (tertiary/aromatic N) is 1. The monoisotopic (exact) mass is 175 g/mol. The molecule has 0 aliphatic carbocycles. The van der Waals surface area contributed by atoms with Crippen molar-refractivity contribution in [2.24, 2.45) is 0 Å². The number of hydrogen-bond donors (Lipinski definition) is 1. The van der Waals surface area contributed by atoms with Crippen LogP contribution in [0.4, 0.5) is 0 Å². The fourth-order valence-electron chi connectivity index (χ4n) is 0.686. The lowest BCUT2D eigenvalue weighted by atomic mass is 10.6. The van der Waals surface area contributed by atoms with Crippen LogP contribution in [0.2, 0.25) is 0 Å². The van der Waals surface area contributed by atoms with Gasteiger partial charge in [0.1, 0.15) is 0 Å². The zero-order valence-electron chi connectivity index (χ0n) is 5.84. The Morgan fingerprint density at radius 2 is 1.82 bits per heavy atom. The highest BCUT2D eigenvalue weighted by atomic mass is 32.2. The van der Waals surface area contributed by atoms with Crippen LogP contribution >= 0.6 is 0 Å². The Kier molecular flexibility index (Phi) is 2.31. The van der Waals surface area contributed by atoms with Gasteiger partial charge >= 0.3 is 0 Å². The molecule has 1 N–H and O–H groups in total. The van der Waals surface area contributed by atoms with Gasteiger partial charge in [0.15, 0.2) is 9.84 Å². The maximum Gasteiger partial charge on any atom is 0.195 e. The molecule has 11 heavy (non-hydrogen) atoms. The number of aliphatic hydroxyl groups excluding tert-OH is 1. The van der Waals surface area contributed by atoms with Crippen LogP contribution in [0.15, 0.2) is 23.2 Å². The number of aliphatic hydroxyl groups is 1. The number of hydrogen-bond acceptors (Lipinski definition) is 4. The first-order chi connectivity index (χ1) is 5.14. The normalized spacial score (nSPS) is 20.6. The van der Waals surface area contributed by atoms with E-state index in [2.05, 4.69) is 0 Å². The summed E-state index contributed by atoms with van der Waals surface area (Å²) in [6.07, 6.45) is 2.84. The average Bonchev–Trinajstić information content (AvgIpc) is 1.94. The third kappa shape index (κ3) is 2.36. The number of rotatable bonds is 2. The van der Waals surface area contributed by atoms with Gasteiger partial charge in [-0.05, 0) is 0 Å². The summed E-state index contributed by atoms with van der Waals surface area (Å²) in [5.74, 6) is 0. The van der Waals surface area contributed by atoms with E-state index in [1.54, 1.807) is 4.90 Å². The number of sulfone groups is 1. The van der Waals surface area contributed by atoms with Gasteiger partial charge in [-0.25, -0.2) is 8.42 Å². The maximum absolute atomic E-state index is 10.7. The number of β-amino-alcohol motifs (C(OH)–C–C–N with tert-alkyl or cyclic N) is 1. The van der Waals surface area contributed by atoms with E-state index in [0.29, 0.717) is 6.54 Å². The van der Waals surface area contributed by atoms with Crippen molar-refractivity contribution in [3.05, 3.63) is 23.2 Å². The molecule has 0 bridgehead atoms. The highest BCUT2D eigenvalue weighted by Crippen LogP contribution is 2.05. The fraction of sp³-hybridized carbons (Fsp3) is 0.333. The van der Waals surface area contributed by atoms with Crippen LogP contribution in [0.25, 0.3) is 0 Å². The predicted molar refractivity (Wildman–Crippen MR) is 41.0 cm³/mol. The van der Waals surface area contributed by atoms with Crippen LogP contribution < -0.4 is 0 Å². The Hall–Kier alpha value is -0.810. The second kappa shape index (κ2) is 3.06. The van der Waals surface area contributed by atoms with Crippen molar-refractivity contribution >= 4 is 9.84 Å².